The molecule has 4 aromatic rings. The van der Waals surface area contributed by atoms with Gasteiger partial charge in [0.05, 0.1) is 30.4 Å². The highest BCUT2D eigenvalue weighted by Gasteiger charge is 2.21. The summed E-state index contributed by atoms with van der Waals surface area (Å²) in [6, 6.07) is 16.6. The number of nitrogens with one attached hydrogen (secondary N) is 1. The number of imidazole rings is 1. The number of hydrogen-bond acceptors (Lipinski definition) is 4. The topological polar surface area (TPSA) is 63.3 Å². The van der Waals surface area contributed by atoms with Crippen molar-refractivity contribution in [2.75, 3.05) is 11.9 Å². The van der Waals surface area contributed by atoms with E-state index >= 15 is 0 Å². The normalized spacial score (nSPS) is 14.1. The van der Waals surface area contributed by atoms with E-state index in [2.05, 4.69) is 14.8 Å². The zero-order chi connectivity index (χ0) is 19.8. The lowest BCUT2D eigenvalue weighted by Crippen LogP contribution is -2.33. The van der Waals surface area contributed by atoms with Crippen LogP contribution >= 0.6 is 11.6 Å². The molecule has 0 unspecified atom stereocenters. The Kier molecular flexibility index (Phi) is 4.58. The van der Waals surface area contributed by atoms with Crippen molar-refractivity contribution in [1.29, 1.82) is 0 Å². The van der Waals surface area contributed by atoms with Crippen LogP contribution in [0, 0.1) is 0 Å². The molecule has 0 fully saturated rings. The molecule has 0 saturated carbocycles. The third-order valence-corrected chi connectivity index (χ3v) is 5.41. The fourth-order valence-electron chi connectivity index (χ4n) is 3.71. The third kappa shape index (κ3) is 3.64. The number of aromatic nitrogens is 2. The van der Waals surface area contributed by atoms with Gasteiger partial charge in [-0.05, 0) is 54.6 Å². The number of carbonyl (C=O) groups excluding carboxylic acids is 1. The monoisotopic (exact) mass is 406 g/mol. The Labute approximate surface area is 172 Å². The Morgan fingerprint density at radius 3 is 2.79 bits per heavy atom. The van der Waals surface area contributed by atoms with Crippen LogP contribution in [-0.4, -0.2) is 26.9 Å². The number of anilines is 1. The SMILES string of the molecule is O=C(Nc1ccc2c(c1)nc1n2CCN(Cc2ccco2)C1)c1ccc(Cl)cc1. The molecular formula is C22H19ClN4O2. The molecule has 0 bridgehead atoms. The minimum absolute atomic E-state index is 0.172. The van der Waals surface area contributed by atoms with Crippen molar-refractivity contribution < 1.29 is 9.21 Å². The average molecular weight is 407 g/mol. The van der Waals surface area contributed by atoms with Crippen molar-refractivity contribution in [2.45, 2.75) is 19.6 Å². The molecule has 5 rings (SSSR count). The second kappa shape index (κ2) is 7.39. The molecule has 3 heterocycles. The summed E-state index contributed by atoms with van der Waals surface area (Å²) in [6.45, 7) is 3.36. The molecule has 0 saturated heterocycles. The van der Waals surface area contributed by atoms with Crippen molar-refractivity contribution in [3.05, 3.63) is 83.0 Å². The van der Waals surface area contributed by atoms with Gasteiger partial charge in [0.2, 0.25) is 0 Å². The maximum absolute atomic E-state index is 12.5. The van der Waals surface area contributed by atoms with E-state index in [1.807, 2.05) is 30.3 Å². The van der Waals surface area contributed by atoms with Crippen molar-refractivity contribution in [3.63, 3.8) is 0 Å². The third-order valence-electron chi connectivity index (χ3n) is 5.16. The van der Waals surface area contributed by atoms with Crippen molar-refractivity contribution >= 4 is 34.2 Å². The first-order chi connectivity index (χ1) is 14.2. The fraction of sp³-hybridized carbons (Fsp3) is 0.182. The lowest BCUT2D eigenvalue weighted by Gasteiger charge is -2.26. The highest BCUT2D eigenvalue weighted by atomic mass is 35.5. The molecule has 0 atom stereocenters. The summed E-state index contributed by atoms with van der Waals surface area (Å²) in [7, 11) is 0. The van der Waals surface area contributed by atoms with Crippen LogP contribution in [0.1, 0.15) is 21.9 Å². The highest BCUT2D eigenvalue weighted by Crippen LogP contribution is 2.25. The molecule has 1 aliphatic heterocycles. The van der Waals surface area contributed by atoms with Crippen molar-refractivity contribution in [2.24, 2.45) is 0 Å². The molecular weight excluding hydrogens is 388 g/mol. The molecule has 29 heavy (non-hydrogen) atoms. The van der Waals surface area contributed by atoms with Crippen LogP contribution in [0.25, 0.3) is 11.0 Å². The van der Waals surface area contributed by atoms with Crippen molar-refractivity contribution in [1.82, 2.24) is 14.5 Å². The lowest BCUT2D eigenvalue weighted by molar-refractivity contribution is 0.102. The van der Waals surface area contributed by atoms with Gasteiger partial charge in [0.25, 0.3) is 5.91 Å². The zero-order valence-corrected chi connectivity index (χ0v) is 16.4. The number of hydrogen-bond donors (Lipinski definition) is 1. The van der Waals surface area contributed by atoms with E-state index in [1.165, 1.54) is 0 Å². The van der Waals surface area contributed by atoms with Crippen LogP contribution in [0.5, 0.6) is 0 Å². The maximum atomic E-state index is 12.5. The van der Waals surface area contributed by atoms with Gasteiger partial charge in [0.15, 0.2) is 0 Å². The summed E-state index contributed by atoms with van der Waals surface area (Å²) < 4.78 is 7.71. The summed E-state index contributed by atoms with van der Waals surface area (Å²) in [5, 5.41) is 3.54. The van der Waals surface area contributed by atoms with Gasteiger partial charge >= 0.3 is 0 Å². The van der Waals surface area contributed by atoms with Gasteiger partial charge in [0.1, 0.15) is 11.6 Å². The van der Waals surface area contributed by atoms with Crippen LogP contribution in [0.15, 0.2) is 65.3 Å². The molecule has 0 spiro atoms. The van der Waals surface area contributed by atoms with Gasteiger partial charge < -0.3 is 14.3 Å². The fourth-order valence-corrected chi connectivity index (χ4v) is 3.84. The molecule has 1 amide bonds. The standard InChI is InChI=1S/C22H19ClN4O2/c23-16-5-3-15(4-6-16)22(28)24-17-7-8-20-19(12-17)25-21-14-26(9-10-27(20)21)13-18-2-1-11-29-18/h1-8,11-12H,9-10,13-14H2,(H,24,28). The number of benzene rings is 2. The summed E-state index contributed by atoms with van der Waals surface area (Å²) in [5.41, 5.74) is 3.25. The second-order valence-electron chi connectivity index (χ2n) is 7.13. The molecule has 7 heteroatoms. The Balaban J connectivity index is 1.35. The first-order valence-electron chi connectivity index (χ1n) is 9.46. The largest absolute Gasteiger partial charge is 0.468 e. The van der Waals surface area contributed by atoms with Gasteiger partial charge in [-0.1, -0.05) is 11.6 Å². The van der Waals surface area contributed by atoms with E-state index in [1.54, 1.807) is 30.5 Å². The zero-order valence-electron chi connectivity index (χ0n) is 15.6. The van der Waals surface area contributed by atoms with E-state index in [-0.39, 0.29) is 5.91 Å². The molecule has 0 aliphatic carbocycles. The maximum Gasteiger partial charge on any atom is 0.255 e. The first kappa shape index (κ1) is 18.0. The van der Waals surface area contributed by atoms with E-state index in [0.29, 0.717) is 10.6 Å². The van der Waals surface area contributed by atoms with Gasteiger partial charge in [-0.3, -0.25) is 9.69 Å². The Bertz CT molecular complexity index is 1170. The summed E-state index contributed by atoms with van der Waals surface area (Å²) in [6.07, 6.45) is 1.70. The quantitative estimate of drug-likeness (QED) is 0.540. The Hall–Kier alpha value is -3.09. The number of carbonyl (C=O) groups is 1. The number of amides is 1. The second-order valence-corrected chi connectivity index (χ2v) is 7.57. The number of furan rings is 1. The van der Waals surface area contributed by atoms with Crippen LogP contribution in [-0.2, 0) is 19.6 Å². The number of halogens is 1. The van der Waals surface area contributed by atoms with Gasteiger partial charge in [-0.2, -0.15) is 0 Å². The van der Waals surface area contributed by atoms with Crippen LogP contribution in [0.3, 0.4) is 0 Å². The molecule has 1 aliphatic rings. The van der Waals surface area contributed by atoms with Gasteiger partial charge in [-0.15, -0.1) is 0 Å². The van der Waals surface area contributed by atoms with Gasteiger partial charge in [0, 0.05) is 29.4 Å². The predicted octanol–water partition coefficient (Wildman–Crippen LogP) is 4.55. The van der Waals surface area contributed by atoms with E-state index in [4.69, 9.17) is 21.0 Å². The smallest absolute Gasteiger partial charge is 0.255 e. The van der Waals surface area contributed by atoms with E-state index in [9.17, 15) is 4.79 Å². The number of fused-ring (bicyclic) bond motifs is 3. The molecule has 146 valence electrons. The Morgan fingerprint density at radius 1 is 1.14 bits per heavy atom. The van der Waals surface area contributed by atoms with E-state index < -0.39 is 0 Å². The number of rotatable bonds is 4. The minimum atomic E-state index is -0.172. The van der Waals surface area contributed by atoms with Crippen LogP contribution in [0.4, 0.5) is 5.69 Å². The average Bonchev–Trinajstić information content (AvgIpc) is 3.35. The molecule has 0 radical (unpaired) electrons. The lowest BCUT2D eigenvalue weighted by atomic mass is 10.2. The van der Waals surface area contributed by atoms with Crippen LogP contribution in [0.2, 0.25) is 5.02 Å². The van der Waals surface area contributed by atoms with E-state index in [0.717, 1.165) is 54.5 Å². The molecule has 2 aromatic heterocycles. The number of nitrogens with zero attached hydrogens (tertiary/aromatic N) is 3. The van der Waals surface area contributed by atoms with Crippen molar-refractivity contribution in [3.8, 4) is 0 Å². The minimum Gasteiger partial charge on any atom is -0.468 e. The summed E-state index contributed by atoms with van der Waals surface area (Å²) in [4.78, 5) is 19.6. The highest BCUT2D eigenvalue weighted by molar-refractivity contribution is 6.30. The Morgan fingerprint density at radius 2 is 2.00 bits per heavy atom. The van der Waals surface area contributed by atoms with Crippen LogP contribution < -0.4 is 5.32 Å². The summed E-state index contributed by atoms with van der Waals surface area (Å²) >= 11 is 5.89. The molecule has 2 aromatic carbocycles. The first-order valence-corrected chi connectivity index (χ1v) is 9.84. The predicted molar refractivity (Wildman–Crippen MR) is 112 cm³/mol. The molecule has 1 N–H and O–H groups in total. The summed E-state index contributed by atoms with van der Waals surface area (Å²) in [5.74, 6) is 1.82. The van der Waals surface area contributed by atoms with Gasteiger partial charge in [-0.25, -0.2) is 4.98 Å². The molecule has 6 nitrogen and oxygen atoms in total.